The van der Waals surface area contributed by atoms with E-state index in [0.717, 1.165) is 10.8 Å². The number of rotatable bonds is 4. The van der Waals surface area contributed by atoms with Gasteiger partial charge in [-0.05, 0) is 12.0 Å². The van der Waals surface area contributed by atoms with Crippen LogP contribution < -0.4 is 5.73 Å². The van der Waals surface area contributed by atoms with Crippen LogP contribution in [0.5, 0.6) is 0 Å². The van der Waals surface area contributed by atoms with Gasteiger partial charge >= 0.3 is 6.18 Å². The predicted octanol–water partition coefficient (Wildman–Crippen LogP) is 2.64. The van der Waals surface area contributed by atoms with Gasteiger partial charge in [-0.3, -0.25) is 4.79 Å². The number of fused-ring (bicyclic) bond motifs is 2. The summed E-state index contributed by atoms with van der Waals surface area (Å²) in [7, 11) is 0. The molecule has 0 saturated heterocycles. The molecule has 4 rings (SSSR count). The molecule has 14 heteroatoms. The fourth-order valence-electron chi connectivity index (χ4n) is 3.75. The van der Waals surface area contributed by atoms with E-state index < -0.39 is 58.1 Å². The molecule has 1 unspecified atom stereocenters. The maximum Gasteiger partial charge on any atom is 0.451 e. The molecule has 0 saturated carbocycles. The van der Waals surface area contributed by atoms with Gasteiger partial charge in [0, 0.05) is 37.1 Å². The lowest BCUT2D eigenvalue weighted by atomic mass is 10.0. The summed E-state index contributed by atoms with van der Waals surface area (Å²) in [4.78, 5) is 16.1. The van der Waals surface area contributed by atoms with Crippen LogP contribution in [0.3, 0.4) is 0 Å². The zero-order valence-electron chi connectivity index (χ0n) is 16.1. The largest absolute Gasteiger partial charge is 0.451 e. The number of halogens is 7. The van der Waals surface area contributed by atoms with Crippen molar-refractivity contribution < 1.29 is 35.5 Å². The Morgan fingerprint density at radius 3 is 2.47 bits per heavy atom. The number of nitrogens with two attached hydrogens (primary N) is 1. The molecule has 32 heavy (non-hydrogen) atoms. The van der Waals surface area contributed by atoms with Crippen molar-refractivity contribution in [1.82, 2.24) is 24.6 Å². The summed E-state index contributed by atoms with van der Waals surface area (Å²) in [5.74, 6) is -8.74. The van der Waals surface area contributed by atoms with Crippen molar-refractivity contribution in [3.63, 3.8) is 0 Å². The number of carbonyl (C=O) groups is 1. The number of hydrogen-bond donors (Lipinski definition) is 2. The fraction of sp³-hybridized carbons (Fsp3) is 0.389. The molecule has 0 bridgehead atoms. The molecule has 1 aliphatic rings. The van der Waals surface area contributed by atoms with Crippen LogP contribution in [0.2, 0.25) is 0 Å². The molecule has 0 fully saturated rings. The highest BCUT2D eigenvalue weighted by Gasteiger charge is 2.40. The van der Waals surface area contributed by atoms with Gasteiger partial charge in [-0.1, -0.05) is 0 Å². The quantitative estimate of drug-likeness (QED) is 0.353. The Morgan fingerprint density at radius 2 is 1.78 bits per heavy atom. The zero-order chi connectivity index (χ0) is 23.4. The number of nitrogens with zero attached hydrogens (tertiary/aromatic N) is 4. The van der Waals surface area contributed by atoms with E-state index in [1.165, 1.54) is 4.90 Å². The van der Waals surface area contributed by atoms with Crippen LogP contribution in [-0.4, -0.2) is 43.1 Å². The molecule has 7 nitrogen and oxygen atoms in total. The minimum Gasteiger partial charge on any atom is -0.358 e. The average molecular weight is 464 g/mol. The van der Waals surface area contributed by atoms with E-state index in [-0.39, 0.29) is 43.9 Å². The Kier molecular flexibility index (Phi) is 5.35. The first-order valence-electron chi connectivity index (χ1n) is 9.33. The predicted molar refractivity (Wildman–Crippen MR) is 94.9 cm³/mol. The van der Waals surface area contributed by atoms with Crippen LogP contribution in [0, 0.1) is 23.3 Å². The number of aromatic amines is 1. The summed E-state index contributed by atoms with van der Waals surface area (Å²) in [5, 5.41) is 6.11. The highest BCUT2D eigenvalue weighted by atomic mass is 19.4. The van der Waals surface area contributed by atoms with Crippen molar-refractivity contribution in [2.45, 2.75) is 38.1 Å². The number of amides is 1. The Labute approximate surface area is 175 Å². The van der Waals surface area contributed by atoms with Crippen LogP contribution in [0.15, 0.2) is 6.20 Å². The van der Waals surface area contributed by atoms with E-state index in [0.29, 0.717) is 0 Å². The van der Waals surface area contributed by atoms with Crippen LogP contribution in [-0.2, 0) is 30.5 Å². The Bertz CT molecular complexity index is 1200. The third-order valence-electron chi connectivity index (χ3n) is 5.26. The van der Waals surface area contributed by atoms with Gasteiger partial charge in [0.2, 0.25) is 11.7 Å². The molecular weight excluding hydrogens is 449 g/mol. The average Bonchev–Trinajstić information content (AvgIpc) is 3.34. The first-order valence-corrected chi connectivity index (χ1v) is 9.33. The number of aromatic nitrogens is 4. The normalized spacial score (nSPS) is 15.3. The summed E-state index contributed by atoms with van der Waals surface area (Å²) < 4.78 is 94.6. The number of alkyl halides is 3. The summed E-state index contributed by atoms with van der Waals surface area (Å²) in [6, 6.07) is -0.914. The van der Waals surface area contributed by atoms with Gasteiger partial charge in [0.15, 0.2) is 29.1 Å². The minimum absolute atomic E-state index is 0.0304. The van der Waals surface area contributed by atoms with E-state index >= 15 is 0 Å². The molecule has 0 aliphatic carbocycles. The third kappa shape index (κ3) is 3.67. The topological polar surface area (TPSA) is 92.8 Å². The lowest BCUT2D eigenvalue weighted by molar-refractivity contribution is -0.148. The zero-order valence-corrected chi connectivity index (χ0v) is 16.1. The van der Waals surface area contributed by atoms with Gasteiger partial charge in [0.25, 0.3) is 0 Å². The summed E-state index contributed by atoms with van der Waals surface area (Å²) in [6.07, 6.45) is -3.98. The monoisotopic (exact) mass is 464 g/mol. The SMILES string of the molecule is NC(CC(=O)N1CCn2c(nnc2C(F)(F)F)C1)Cc1c[nH]c2c(F)c(F)c(F)c(F)c12. The second-order valence-electron chi connectivity index (χ2n) is 7.39. The van der Waals surface area contributed by atoms with Crippen LogP contribution >= 0.6 is 0 Å². The number of carbonyl (C=O) groups excluding carboxylic acids is 1. The van der Waals surface area contributed by atoms with Gasteiger partial charge in [-0.25, -0.2) is 17.6 Å². The van der Waals surface area contributed by atoms with E-state index in [1.54, 1.807) is 0 Å². The van der Waals surface area contributed by atoms with Gasteiger partial charge in [-0.2, -0.15) is 13.2 Å². The van der Waals surface area contributed by atoms with Crippen molar-refractivity contribution in [3.8, 4) is 0 Å². The Hall–Kier alpha value is -3.16. The van der Waals surface area contributed by atoms with Gasteiger partial charge < -0.3 is 20.2 Å². The fourth-order valence-corrected chi connectivity index (χ4v) is 3.75. The highest BCUT2D eigenvalue weighted by Crippen LogP contribution is 2.31. The van der Waals surface area contributed by atoms with E-state index in [9.17, 15) is 35.5 Å². The number of H-pyrrole nitrogens is 1. The smallest absolute Gasteiger partial charge is 0.358 e. The Morgan fingerprint density at radius 1 is 1.09 bits per heavy atom. The van der Waals surface area contributed by atoms with Crippen molar-refractivity contribution >= 4 is 16.8 Å². The standard InChI is InChI=1S/C18H15F7N6O/c19-12-11-7(5-27-16(11)15(22)14(21)13(12)20)3-8(26)4-10(32)30-1-2-31-9(6-30)28-29-17(31)18(23,24)25/h5,8,27H,1-4,6,26H2. The maximum absolute atomic E-state index is 14.2. The summed E-state index contributed by atoms with van der Waals surface area (Å²) >= 11 is 0. The lowest BCUT2D eigenvalue weighted by Crippen LogP contribution is -2.42. The number of nitrogens with one attached hydrogen (secondary N) is 1. The molecule has 3 aromatic rings. The first-order chi connectivity index (χ1) is 15.0. The second-order valence-corrected chi connectivity index (χ2v) is 7.39. The highest BCUT2D eigenvalue weighted by molar-refractivity contribution is 5.85. The summed E-state index contributed by atoms with van der Waals surface area (Å²) in [6.45, 7) is -0.390. The van der Waals surface area contributed by atoms with Crippen molar-refractivity contribution in [3.05, 3.63) is 46.7 Å². The lowest BCUT2D eigenvalue weighted by Gasteiger charge is -2.29. The van der Waals surface area contributed by atoms with Crippen LogP contribution in [0.4, 0.5) is 30.7 Å². The number of benzene rings is 1. The van der Waals surface area contributed by atoms with Gasteiger partial charge in [-0.15, -0.1) is 10.2 Å². The molecule has 0 radical (unpaired) electrons. The molecule has 1 aliphatic heterocycles. The van der Waals surface area contributed by atoms with E-state index in [4.69, 9.17) is 5.73 Å². The molecule has 1 aromatic carbocycles. The molecule has 0 spiro atoms. The van der Waals surface area contributed by atoms with Crippen LogP contribution in [0.25, 0.3) is 10.9 Å². The number of hydrogen-bond acceptors (Lipinski definition) is 4. The second kappa shape index (κ2) is 7.76. The molecular formula is C18H15F7N6O. The summed E-state index contributed by atoms with van der Waals surface area (Å²) in [5.41, 5.74) is 5.43. The molecule has 1 atom stereocenters. The molecule has 3 N–H and O–H groups in total. The maximum atomic E-state index is 14.2. The molecule has 3 heterocycles. The van der Waals surface area contributed by atoms with Crippen molar-refractivity contribution in [2.75, 3.05) is 6.54 Å². The van der Waals surface area contributed by atoms with E-state index in [1.807, 2.05) is 0 Å². The molecule has 2 aromatic heterocycles. The van der Waals surface area contributed by atoms with Crippen molar-refractivity contribution in [2.24, 2.45) is 5.73 Å². The molecule has 172 valence electrons. The van der Waals surface area contributed by atoms with Crippen molar-refractivity contribution in [1.29, 1.82) is 0 Å². The van der Waals surface area contributed by atoms with Gasteiger partial charge in [0.1, 0.15) is 0 Å². The Balaban J connectivity index is 1.46. The van der Waals surface area contributed by atoms with E-state index in [2.05, 4.69) is 15.2 Å². The molecule has 1 amide bonds. The van der Waals surface area contributed by atoms with Crippen LogP contribution in [0.1, 0.15) is 23.6 Å². The minimum atomic E-state index is -4.67. The third-order valence-corrected chi connectivity index (χ3v) is 5.26. The van der Waals surface area contributed by atoms with Gasteiger partial charge in [0.05, 0.1) is 12.1 Å². The first kappa shape index (κ1) is 22.0.